The van der Waals surface area contributed by atoms with Gasteiger partial charge in [0, 0.05) is 6.20 Å². The van der Waals surface area contributed by atoms with E-state index in [1.54, 1.807) is 0 Å². The van der Waals surface area contributed by atoms with Crippen molar-refractivity contribution in [3.63, 3.8) is 0 Å². The molecule has 1 aromatic rings. The summed E-state index contributed by atoms with van der Waals surface area (Å²) in [5, 5.41) is 35.0. The highest BCUT2D eigenvalue weighted by atomic mass is 35.5. The topological polar surface area (TPSA) is 162 Å². The van der Waals surface area contributed by atoms with E-state index in [0.717, 1.165) is 0 Å². The summed E-state index contributed by atoms with van der Waals surface area (Å²) in [5.74, 6) is 0.244. The summed E-state index contributed by atoms with van der Waals surface area (Å²) in [5.41, 5.74) is 4.72. The Bertz CT molecular complexity index is 430. The molecule has 0 aromatic carbocycles. The van der Waals surface area contributed by atoms with E-state index < -0.39 is 36.9 Å². The number of nitrogens with zero attached hydrogens (tertiary/aromatic N) is 1. The molecule has 2 heterocycles. The second-order valence-electron chi connectivity index (χ2n) is 3.55. The highest BCUT2D eigenvalue weighted by Crippen LogP contribution is 2.18. The van der Waals surface area contributed by atoms with Gasteiger partial charge in [-0.2, -0.15) is 4.98 Å². The van der Waals surface area contributed by atoms with Gasteiger partial charge in [-0.25, -0.2) is 4.79 Å². The fourth-order valence-corrected chi connectivity index (χ4v) is 1.26. The van der Waals surface area contributed by atoms with Crippen LogP contribution in [0.1, 0.15) is 0 Å². The number of nitrogens with two attached hydrogens (primary N) is 1. The van der Waals surface area contributed by atoms with E-state index in [2.05, 4.69) is 14.7 Å². The lowest BCUT2D eigenvalue weighted by Crippen LogP contribution is -2.33. The predicted octanol–water partition coefficient (Wildman–Crippen LogP) is -2.81. The van der Waals surface area contributed by atoms with E-state index in [9.17, 15) is 4.79 Å². The number of aliphatic hydroxyl groups excluding tert-OH is 4. The van der Waals surface area contributed by atoms with Gasteiger partial charge in [0.05, 0.1) is 6.61 Å². The molecule has 0 bridgehead atoms. The third-order valence-corrected chi connectivity index (χ3v) is 2.21. The monoisotopic (exact) mass is 297 g/mol. The van der Waals surface area contributed by atoms with Crippen molar-refractivity contribution in [3.8, 4) is 0 Å². The first-order chi connectivity index (χ1) is 8.45. The maximum absolute atomic E-state index is 10.2. The Morgan fingerprint density at radius 3 is 2.26 bits per heavy atom. The Labute approximate surface area is 114 Å². The van der Waals surface area contributed by atoms with Crippen molar-refractivity contribution in [1.29, 1.82) is 0 Å². The SMILES string of the molecule is Cl.Nc1cc[nH]c(=O)n1.OC[C@H]1O[C@@H](O)[C@@H](O)[C@@H]1O. The summed E-state index contributed by atoms with van der Waals surface area (Å²) in [4.78, 5) is 15.9. The molecule has 0 saturated carbocycles. The number of hydrogen-bond donors (Lipinski definition) is 6. The zero-order valence-corrected chi connectivity index (χ0v) is 10.5. The van der Waals surface area contributed by atoms with Crippen LogP contribution in [0.25, 0.3) is 0 Å². The zero-order valence-electron chi connectivity index (χ0n) is 9.71. The average molecular weight is 298 g/mol. The molecule has 0 unspecified atom stereocenters. The first-order valence-electron chi connectivity index (χ1n) is 5.07. The maximum atomic E-state index is 10.2. The zero-order chi connectivity index (χ0) is 13.7. The highest BCUT2D eigenvalue weighted by Gasteiger charge is 2.41. The van der Waals surface area contributed by atoms with Gasteiger partial charge in [-0.1, -0.05) is 0 Å². The van der Waals surface area contributed by atoms with Crippen LogP contribution in [-0.4, -0.2) is 61.6 Å². The number of nitrogens with one attached hydrogen (secondary N) is 1. The van der Waals surface area contributed by atoms with Crippen LogP contribution in [0.5, 0.6) is 0 Å². The van der Waals surface area contributed by atoms with E-state index in [-0.39, 0.29) is 18.2 Å². The van der Waals surface area contributed by atoms with E-state index >= 15 is 0 Å². The van der Waals surface area contributed by atoms with Gasteiger partial charge < -0.3 is 35.9 Å². The fraction of sp³-hybridized carbons (Fsp3) is 0.556. The van der Waals surface area contributed by atoms with E-state index in [4.69, 9.17) is 26.2 Å². The van der Waals surface area contributed by atoms with Crippen LogP contribution in [0.4, 0.5) is 5.82 Å². The quantitative estimate of drug-likeness (QED) is 0.323. The molecule has 1 aliphatic rings. The molecule has 0 aliphatic carbocycles. The summed E-state index contributed by atoms with van der Waals surface area (Å²) >= 11 is 0. The molecule has 1 saturated heterocycles. The smallest absolute Gasteiger partial charge is 0.346 e. The number of aromatic amines is 1. The standard InChI is InChI=1S/C5H10O5.C4H5N3O.ClH/c6-1-2-3(7)4(8)5(9)10-2;5-3-1-2-6-4(8)7-3;/h2-9H,1H2;1-2H,(H3,5,6,7,8);1H/t2-,3-,4+,5-;;/m1../s1. The average Bonchev–Trinajstić information content (AvgIpc) is 2.57. The lowest BCUT2D eigenvalue weighted by atomic mass is 10.1. The molecule has 1 aromatic heterocycles. The van der Waals surface area contributed by atoms with Crippen LogP contribution in [0.2, 0.25) is 0 Å². The van der Waals surface area contributed by atoms with Crippen molar-refractivity contribution >= 4 is 18.2 Å². The lowest BCUT2D eigenvalue weighted by molar-refractivity contribution is -0.132. The number of rotatable bonds is 1. The molecule has 1 aliphatic heterocycles. The Hall–Kier alpha value is -1.23. The molecule has 0 amide bonds. The van der Waals surface area contributed by atoms with Crippen molar-refractivity contribution < 1.29 is 25.2 Å². The minimum absolute atomic E-state index is 0. The molecule has 110 valence electrons. The lowest BCUT2D eigenvalue weighted by Gasteiger charge is -2.09. The summed E-state index contributed by atoms with van der Waals surface area (Å²) in [7, 11) is 0. The largest absolute Gasteiger partial charge is 0.394 e. The molecular weight excluding hydrogens is 282 g/mol. The van der Waals surface area contributed by atoms with Crippen LogP contribution >= 0.6 is 12.4 Å². The van der Waals surface area contributed by atoms with Crippen LogP contribution < -0.4 is 11.4 Å². The molecule has 0 radical (unpaired) electrons. The van der Waals surface area contributed by atoms with Gasteiger partial charge in [0.1, 0.15) is 24.1 Å². The van der Waals surface area contributed by atoms with Crippen LogP contribution in [0.3, 0.4) is 0 Å². The third kappa shape index (κ3) is 5.11. The van der Waals surface area contributed by atoms with E-state index in [1.807, 2.05) is 0 Å². The molecule has 7 N–H and O–H groups in total. The van der Waals surface area contributed by atoms with Crippen molar-refractivity contribution in [2.45, 2.75) is 24.6 Å². The number of nitrogen functional groups attached to an aromatic ring is 1. The molecule has 4 atom stereocenters. The second kappa shape index (κ2) is 8.04. The van der Waals surface area contributed by atoms with Crippen molar-refractivity contribution in [3.05, 3.63) is 22.7 Å². The molecule has 9 nitrogen and oxygen atoms in total. The molecule has 10 heteroatoms. The van der Waals surface area contributed by atoms with E-state index in [0.29, 0.717) is 0 Å². The third-order valence-electron chi connectivity index (χ3n) is 2.21. The summed E-state index contributed by atoms with van der Waals surface area (Å²) in [6, 6.07) is 1.52. The highest BCUT2D eigenvalue weighted by molar-refractivity contribution is 5.85. The Balaban J connectivity index is 0.000000331. The Morgan fingerprint density at radius 2 is 2.00 bits per heavy atom. The minimum atomic E-state index is -1.38. The number of hydrogen-bond acceptors (Lipinski definition) is 8. The number of aromatic nitrogens is 2. The summed E-state index contributed by atoms with van der Waals surface area (Å²) in [6.45, 7) is -0.407. The van der Waals surface area contributed by atoms with Gasteiger partial charge in [-0.3, -0.25) is 0 Å². The number of aliphatic hydroxyl groups is 4. The first-order valence-corrected chi connectivity index (χ1v) is 5.07. The first kappa shape index (κ1) is 17.8. The fourth-order valence-electron chi connectivity index (χ4n) is 1.26. The van der Waals surface area contributed by atoms with Gasteiger partial charge in [0.2, 0.25) is 0 Å². The van der Waals surface area contributed by atoms with E-state index in [1.165, 1.54) is 12.3 Å². The van der Waals surface area contributed by atoms with Crippen molar-refractivity contribution in [2.24, 2.45) is 0 Å². The van der Waals surface area contributed by atoms with Crippen LogP contribution in [0, 0.1) is 0 Å². The van der Waals surface area contributed by atoms with Crippen molar-refractivity contribution in [2.75, 3.05) is 12.3 Å². The molecule has 19 heavy (non-hydrogen) atoms. The predicted molar refractivity (Wildman–Crippen MR) is 66.5 cm³/mol. The number of H-pyrrole nitrogens is 1. The normalized spacial score (nSPS) is 29.1. The maximum Gasteiger partial charge on any atom is 0.346 e. The second-order valence-corrected chi connectivity index (χ2v) is 3.55. The summed E-state index contributed by atoms with van der Waals surface area (Å²) < 4.78 is 4.54. The van der Waals surface area contributed by atoms with Gasteiger partial charge >= 0.3 is 5.69 Å². The molecular formula is C9H16ClN3O6. The van der Waals surface area contributed by atoms with Crippen molar-refractivity contribution in [1.82, 2.24) is 9.97 Å². The Kier molecular flexibility index (Phi) is 7.52. The van der Waals surface area contributed by atoms with Gasteiger partial charge in [-0.05, 0) is 6.07 Å². The molecule has 1 fully saturated rings. The number of ether oxygens (including phenoxy) is 1. The number of anilines is 1. The van der Waals surface area contributed by atoms with Crippen LogP contribution in [-0.2, 0) is 4.74 Å². The minimum Gasteiger partial charge on any atom is -0.394 e. The van der Waals surface area contributed by atoms with Crippen LogP contribution in [0.15, 0.2) is 17.1 Å². The van der Waals surface area contributed by atoms with Gasteiger partial charge in [-0.15, -0.1) is 12.4 Å². The van der Waals surface area contributed by atoms with Gasteiger partial charge in [0.25, 0.3) is 0 Å². The molecule has 2 rings (SSSR count). The molecule has 0 spiro atoms. The Morgan fingerprint density at radius 1 is 1.37 bits per heavy atom. The summed E-state index contributed by atoms with van der Waals surface area (Å²) in [6.07, 6.45) is -3.31. The van der Waals surface area contributed by atoms with Gasteiger partial charge in [0.15, 0.2) is 6.29 Å². The number of halogens is 1.